The highest BCUT2D eigenvalue weighted by Crippen LogP contribution is 2.30. The number of hydrogen-bond acceptors (Lipinski definition) is 6. The topological polar surface area (TPSA) is 115 Å². The SMILES string of the molecule is N#Cc1c(CCCNC(=O)C2COc3ccccc3O2)nn(-c2ccccc2)c1N. The van der Waals surface area contributed by atoms with Crippen LogP contribution in [0.5, 0.6) is 11.5 Å². The van der Waals surface area contributed by atoms with Crippen LogP contribution in [-0.2, 0) is 11.2 Å². The zero-order chi connectivity index (χ0) is 20.9. The van der Waals surface area contributed by atoms with E-state index in [1.165, 1.54) is 0 Å². The van der Waals surface area contributed by atoms with E-state index in [-0.39, 0.29) is 12.5 Å². The number of anilines is 1. The zero-order valence-corrected chi connectivity index (χ0v) is 16.2. The second-order valence-corrected chi connectivity index (χ2v) is 6.82. The van der Waals surface area contributed by atoms with E-state index in [0.29, 0.717) is 48.0 Å². The summed E-state index contributed by atoms with van der Waals surface area (Å²) in [4.78, 5) is 12.4. The summed E-state index contributed by atoms with van der Waals surface area (Å²) in [5, 5.41) is 16.8. The zero-order valence-electron chi connectivity index (χ0n) is 16.2. The third kappa shape index (κ3) is 3.91. The molecule has 8 nitrogen and oxygen atoms in total. The van der Waals surface area contributed by atoms with Gasteiger partial charge in [-0.15, -0.1) is 0 Å². The number of nitrogen functional groups attached to an aromatic ring is 1. The highest BCUT2D eigenvalue weighted by molar-refractivity contribution is 5.81. The molecule has 0 spiro atoms. The molecule has 1 amide bonds. The molecule has 3 N–H and O–H groups in total. The smallest absolute Gasteiger partial charge is 0.264 e. The first-order valence-corrected chi connectivity index (χ1v) is 9.66. The number of benzene rings is 2. The Bertz CT molecular complexity index is 1090. The summed E-state index contributed by atoms with van der Waals surface area (Å²) in [6, 6.07) is 18.8. The molecule has 8 heteroatoms. The molecule has 1 aliphatic heterocycles. The number of ether oxygens (including phenoxy) is 2. The van der Waals surface area contributed by atoms with Gasteiger partial charge in [-0.2, -0.15) is 10.4 Å². The number of nitrogens with one attached hydrogen (secondary N) is 1. The van der Waals surface area contributed by atoms with Gasteiger partial charge in [0.2, 0.25) is 6.10 Å². The van der Waals surface area contributed by atoms with Gasteiger partial charge in [-0.3, -0.25) is 4.79 Å². The van der Waals surface area contributed by atoms with E-state index in [4.69, 9.17) is 15.2 Å². The van der Waals surface area contributed by atoms with Gasteiger partial charge < -0.3 is 20.5 Å². The summed E-state index contributed by atoms with van der Waals surface area (Å²) < 4.78 is 12.8. The van der Waals surface area contributed by atoms with Crippen molar-refractivity contribution in [2.24, 2.45) is 0 Å². The summed E-state index contributed by atoms with van der Waals surface area (Å²) in [5.74, 6) is 1.27. The van der Waals surface area contributed by atoms with E-state index in [1.54, 1.807) is 16.8 Å². The number of aromatic nitrogens is 2. The molecule has 0 saturated heterocycles. The van der Waals surface area contributed by atoms with Crippen LogP contribution in [0.3, 0.4) is 0 Å². The Morgan fingerprint density at radius 2 is 1.93 bits per heavy atom. The van der Waals surface area contributed by atoms with Crippen molar-refractivity contribution in [3.05, 3.63) is 65.9 Å². The van der Waals surface area contributed by atoms with Gasteiger partial charge in [0.05, 0.1) is 11.4 Å². The molecular weight excluding hydrogens is 382 g/mol. The van der Waals surface area contributed by atoms with Crippen LogP contribution in [0, 0.1) is 11.3 Å². The van der Waals surface area contributed by atoms with Gasteiger partial charge in [-0.1, -0.05) is 30.3 Å². The Labute approximate surface area is 173 Å². The lowest BCUT2D eigenvalue weighted by atomic mass is 10.1. The first kappa shape index (κ1) is 19.3. The molecule has 2 heterocycles. The highest BCUT2D eigenvalue weighted by Gasteiger charge is 2.27. The lowest BCUT2D eigenvalue weighted by Crippen LogP contribution is -2.44. The van der Waals surface area contributed by atoms with E-state index in [1.807, 2.05) is 42.5 Å². The number of nitrogens with zero attached hydrogens (tertiary/aromatic N) is 3. The number of carbonyl (C=O) groups is 1. The minimum Gasteiger partial charge on any atom is -0.485 e. The molecule has 0 saturated carbocycles. The van der Waals surface area contributed by atoms with Crippen molar-refractivity contribution in [1.82, 2.24) is 15.1 Å². The lowest BCUT2D eigenvalue weighted by molar-refractivity contribution is -0.130. The molecular formula is C22H21N5O3. The number of carbonyl (C=O) groups excluding carboxylic acids is 1. The number of aryl methyl sites for hydroxylation is 1. The number of nitriles is 1. The van der Waals surface area contributed by atoms with Crippen LogP contribution in [0.4, 0.5) is 5.82 Å². The molecule has 4 rings (SSSR count). The fraction of sp³-hybridized carbons (Fsp3) is 0.227. The van der Waals surface area contributed by atoms with E-state index in [2.05, 4.69) is 16.5 Å². The van der Waals surface area contributed by atoms with Crippen molar-refractivity contribution in [2.45, 2.75) is 18.9 Å². The predicted octanol–water partition coefficient (Wildman–Crippen LogP) is 2.21. The van der Waals surface area contributed by atoms with Gasteiger partial charge >= 0.3 is 0 Å². The van der Waals surface area contributed by atoms with Crippen LogP contribution >= 0.6 is 0 Å². The van der Waals surface area contributed by atoms with E-state index in [0.717, 1.165) is 5.69 Å². The van der Waals surface area contributed by atoms with Crippen molar-refractivity contribution < 1.29 is 14.3 Å². The van der Waals surface area contributed by atoms with Crippen LogP contribution in [0.15, 0.2) is 54.6 Å². The van der Waals surface area contributed by atoms with E-state index >= 15 is 0 Å². The molecule has 1 aliphatic rings. The number of amides is 1. The molecule has 1 aromatic heterocycles. The Hall–Kier alpha value is -3.99. The Kier molecular flexibility index (Phi) is 5.52. The monoisotopic (exact) mass is 403 g/mol. The second kappa shape index (κ2) is 8.57. The maximum atomic E-state index is 12.4. The quantitative estimate of drug-likeness (QED) is 0.610. The molecule has 3 aromatic rings. The van der Waals surface area contributed by atoms with Gasteiger partial charge in [-0.05, 0) is 37.1 Å². The largest absolute Gasteiger partial charge is 0.485 e. The first-order chi connectivity index (χ1) is 14.7. The standard InChI is InChI=1S/C22H21N5O3/c23-13-16-17(26-27(21(16)24)15-7-2-1-3-8-15)9-6-12-25-22(28)20-14-29-18-10-4-5-11-19(18)30-20/h1-5,7-8,10-11,20H,6,9,12,14,24H2,(H,25,28). The predicted molar refractivity (Wildman–Crippen MR) is 110 cm³/mol. The molecule has 2 aromatic carbocycles. The molecule has 30 heavy (non-hydrogen) atoms. The lowest BCUT2D eigenvalue weighted by Gasteiger charge is -2.25. The number of para-hydroxylation sites is 3. The summed E-state index contributed by atoms with van der Waals surface area (Å²) in [6.45, 7) is 0.586. The van der Waals surface area contributed by atoms with E-state index in [9.17, 15) is 10.1 Å². The first-order valence-electron chi connectivity index (χ1n) is 9.66. The third-order valence-corrected chi connectivity index (χ3v) is 4.80. The molecule has 0 aliphatic carbocycles. The molecule has 1 atom stereocenters. The average Bonchev–Trinajstić information content (AvgIpc) is 3.12. The maximum absolute atomic E-state index is 12.4. The Balaban J connectivity index is 1.33. The third-order valence-electron chi connectivity index (χ3n) is 4.80. The summed E-state index contributed by atoms with van der Waals surface area (Å²) in [7, 11) is 0. The van der Waals surface area contributed by atoms with Crippen LogP contribution in [0.2, 0.25) is 0 Å². The molecule has 0 bridgehead atoms. The van der Waals surface area contributed by atoms with Crippen LogP contribution in [0.25, 0.3) is 5.69 Å². The number of fused-ring (bicyclic) bond motifs is 1. The number of rotatable bonds is 6. The van der Waals surface area contributed by atoms with Crippen molar-refractivity contribution in [1.29, 1.82) is 5.26 Å². The van der Waals surface area contributed by atoms with Crippen molar-refractivity contribution in [3.63, 3.8) is 0 Å². The van der Waals surface area contributed by atoms with Gasteiger partial charge in [0, 0.05) is 6.54 Å². The minimum atomic E-state index is -0.692. The maximum Gasteiger partial charge on any atom is 0.264 e. The average molecular weight is 403 g/mol. The Morgan fingerprint density at radius 3 is 2.70 bits per heavy atom. The summed E-state index contributed by atoms with van der Waals surface area (Å²) in [5.41, 5.74) is 7.88. The molecule has 152 valence electrons. The van der Waals surface area contributed by atoms with E-state index < -0.39 is 6.10 Å². The van der Waals surface area contributed by atoms with Gasteiger partial charge in [0.25, 0.3) is 5.91 Å². The van der Waals surface area contributed by atoms with Gasteiger partial charge in [-0.25, -0.2) is 4.68 Å². The summed E-state index contributed by atoms with van der Waals surface area (Å²) >= 11 is 0. The van der Waals surface area contributed by atoms with Crippen molar-refractivity contribution in [3.8, 4) is 23.3 Å². The van der Waals surface area contributed by atoms with Crippen LogP contribution in [-0.4, -0.2) is 34.9 Å². The van der Waals surface area contributed by atoms with Gasteiger partial charge in [0.15, 0.2) is 11.5 Å². The Morgan fingerprint density at radius 1 is 1.20 bits per heavy atom. The minimum absolute atomic E-state index is 0.166. The molecule has 0 fully saturated rings. The van der Waals surface area contributed by atoms with Crippen molar-refractivity contribution in [2.75, 3.05) is 18.9 Å². The highest BCUT2D eigenvalue weighted by atomic mass is 16.6. The normalized spacial score (nSPS) is 14.7. The number of nitrogens with two attached hydrogens (primary N) is 1. The van der Waals surface area contributed by atoms with Crippen LogP contribution in [0.1, 0.15) is 17.7 Å². The molecule has 0 radical (unpaired) electrons. The summed E-state index contributed by atoms with van der Waals surface area (Å²) in [6.07, 6.45) is 0.427. The molecule has 1 unspecified atom stereocenters. The van der Waals surface area contributed by atoms with Crippen molar-refractivity contribution >= 4 is 11.7 Å². The number of hydrogen-bond donors (Lipinski definition) is 2. The van der Waals surface area contributed by atoms with Gasteiger partial charge in [0.1, 0.15) is 24.1 Å². The second-order valence-electron chi connectivity index (χ2n) is 6.82. The fourth-order valence-electron chi connectivity index (χ4n) is 3.27. The van der Waals surface area contributed by atoms with Crippen LogP contribution < -0.4 is 20.5 Å². The fourth-order valence-corrected chi connectivity index (χ4v) is 3.27.